The monoisotopic (exact) mass is 349 g/mol. The molecule has 0 aliphatic heterocycles. The third kappa shape index (κ3) is 6.99. The highest BCUT2D eigenvalue weighted by Crippen LogP contribution is 2.24. The zero-order valence-electron chi connectivity index (χ0n) is 15.8. The summed E-state index contributed by atoms with van der Waals surface area (Å²) in [5, 5.41) is 1.99. The maximum absolute atomic E-state index is 11.5. The lowest BCUT2D eigenvalue weighted by Gasteiger charge is -2.40. The van der Waals surface area contributed by atoms with Crippen LogP contribution in [0.5, 0.6) is 0 Å². The molecular formula is C19H31NO3Si. The van der Waals surface area contributed by atoms with Gasteiger partial charge < -0.3 is 9.26 Å². The minimum absolute atomic E-state index is 0.0988. The van der Waals surface area contributed by atoms with Crippen molar-refractivity contribution in [3.63, 3.8) is 0 Å². The third-order valence-corrected chi connectivity index (χ3v) is 4.24. The predicted molar refractivity (Wildman–Crippen MR) is 101 cm³/mol. The van der Waals surface area contributed by atoms with Crippen molar-refractivity contribution >= 4 is 14.3 Å². The molecule has 1 aromatic rings. The van der Waals surface area contributed by atoms with Crippen LogP contribution in [0.4, 0.5) is 0 Å². The van der Waals surface area contributed by atoms with Crippen LogP contribution in [0.2, 0.25) is 19.6 Å². The van der Waals surface area contributed by atoms with E-state index in [1.807, 2.05) is 23.3 Å². The summed E-state index contributed by atoms with van der Waals surface area (Å²) in [7, 11) is -1.83. The molecule has 0 heterocycles. The number of esters is 1. The fraction of sp³-hybridized carbons (Fsp3) is 0.526. The summed E-state index contributed by atoms with van der Waals surface area (Å²) in [6, 6.07) is 10.1. The minimum atomic E-state index is -1.83. The molecule has 4 nitrogen and oxygen atoms in total. The second-order valence-electron chi connectivity index (χ2n) is 7.31. The normalized spacial score (nSPS) is 14.5. The fourth-order valence-electron chi connectivity index (χ4n) is 2.64. The van der Waals surface area contributed by atoms with Crippen molar-refractivity contribution in [2.45, 2.75) is 59.1 Å². The average molecular weight is 350 g/mol. The molecule has 0 aliphatic rings. The molecule has 24 heavy (non-hydrogen) atoms. The number of hydrogen-bond acceptors (Lipinski definition) is 4. The number of benzene rings is 1. The first-order valence-electron chi connectivity index (χ1n) is 8.43. The molecule has 2 atom stereocenters. The maximum Gasteiger partial charge on any atom is 0.303 e. The number of carbonyl (C=O) groups is 1. The smallest absolute Gasteiger partial charge is 0.303 e. The molecule has 0 fully saturated rings. The summed E-state index contributed by atoms with van der Waals surface area (Å²) in [5.41, 5.74) is 1.16. The van der Waals surface area contributed by atoms with E-state index >= 15 is 0 Å². The Labute approximate surface area is 147 Å². The standard InChI is InChI=1S/C19H31NO3Si/c1-8-18(22-16(4)21)19(15(2)3)20(23-24(5,6)7)14-17-12-10-9-11-13-17/h8-13,15,18-19H,1,14H2,2-7H3/t18-,19+/m1/s1. The quantitative estimate of drug-likeness (QED) is 0.287. The molecule has 1 aromatic carbocycles. The van der Waals surface area contributed by atoms with Crippen LogP contribution in [0.25, 0.3) is 0 Å². The summed E-state index contributed by atoms with van der Waals surface area (Å²) >= 11 is 0. The van der Waals surface area contributed by atoms with E-state index in [0.29, 0.717) is 6.54 Å². The fourth-order valence-corrected chi connectivity index (χ4v) is 3.53. The highest BCUT2D eigenvalue weighted by atomic mass is 28.4. The number of rotatable bonds is 9. The van der Waals surface area contributed by atoms with E-state index in [2.05, 4.69) is 52.2 Å². The van der Waals surface area contributed by atoms with E-state index in [1.54, 1.807) is 6.08 Å². The first kappa shape index (κ1) is 20.6. The van der Waals surface area contributed by atoms with Gasteiger partial charge in [0.05, 0.1) is 6.04 Å². The van der Waals surface area contributed by atoms with Gasteiger partial charge in [0.15, 0.2) is 0 Å². The Hall–Kier alpha value is -1.43. The van der Waals surface area contributed by atoms with Crippen LogP contribution < -0.4 is 0 Å². The topological polar surface area (TPSA) is 38.8 Å². The van der Waals surface area contributed by atoms with Crippen LogP contribution >= 0.6 is 0 Å². The Morgan fingerprint density at radius 2 is 1.83 bits per heavy atom. The lowest BCUT2D eigenvalue weighted by Crippen LogP contribution is -2.51. The maximum atomic E-state index is 11.5. The van der Waals surface area contributed by atoms with E-state index in [0.717, 1.165) is 5.56 Å². The second-order valence-corrected chi connectivity index (χ2v) is 11.7. The molecule has 0 spiro atoms. The Balaban J connectivity index is 3.14. The molecule has 0 N–H and O–H groups in total. The first-order chi connectivity index (χ1) is 11.1. The van der Waals surface area contributed by atoms with E-state index < -0.39 is 14.4 Å². The Morgan fingerprint density at radius 3 is 2.25 bits per heavy atom. The van der Waals surface area contributed by atoms with Gasteiger partial charge in [-0.3, -0.25) is 4.79 Å². The van der Waals surface area contributed by atoms with Gasteiger partial charge in [-0.25, -0.2) is 0 Å². The predicted octanol–water partition coefficient (Wildman–Crippen LogP) is 4.40. The molecular weight excluding hydrogens is 318 g/mol. The highest BCUT2D eigenvalue weighted by molar-refractivity contribution is 6.69. The number of hydrogen-bond donors (Lipinski definition) is 0. The van der Waals surface area contributed by atoms with E-state index in [4.69, 9.17) is 9.26 Å². The SMILES string of the molecule is C=C[C@@H](OC(C)=O)[C@H](C(C)C)N(Cc1ccccc1)O[Si](C)(C)C. The molecule has 0 radical (unpaired) electrons. The lowest BCUT2D eigenvalue weighted by atomic mass is 9.97. The summed E-state index contributed by atoms with van der Waals surface area (Å²) in [5.74, 6) is -0.0781. The van der Waals surface area contributed by atoms with Crippen molar-refractivity contribution in [2.24, 2.45) is 5.92 Å². The van der Waals surface area contributed by atoms with E-state index in [1.165, 1.54) is 6.92 Å². The molecule has 0 aromatic heterocycles. The van der Waals surface area contributed by atoms with E-state index in [-0.39, 0.29) is 17.9 Å². The number of nitrogens with zero attached hydrogens (tertiary/aromatic N) is 1. The van der Waals surface area contributed by atoms with E-state index in [9.17, 15) is 4.79 Å². The van der Waals surface area contributed by atoms with Crippen LogP contribution in [-0.4, -0.2) is 31.5 Å². The van der Waals surface area contributed by atoms with Crippen molar-refractivity contribution in [1.82, 2.24) is 5.06 Å². The molecule has 0 saturated carbocycles. The van der Waals surface area contributed by atoms with Crippen molar-refractivity contribution < 1.29 is 14.1 Å². The zero-order valence-corrected chi connectivity index (χ0v) is 16.8. The van der Waals surface area contributed by atoms with Gasteiger partial charge in [-0.1, -0.05) is 50.8 Å². The van der Waals surface area contributed by atoms with Crippen LogP contribution in [0.1, 0.15) is 26.3 Å². The molecule has 0 aliphatic carbocycles. The summed E-state index contributed by atoms with van der Waals surface area (Å²) in [6.45, 7) is 16.6. The number of hydroxylamine groups is 2. The zero-order chi connectivity index (χ0) is 18.3. The highest BCUT2D eigenvalue weighted by Gasteiger charge is 2.34. The minimum Gasteiger partial charge on any atom is -0.457 e. The van der Waals surface area contributed by atoms with Crippen LogP contribution in [0.15, 0.2) is 43.0 Å². The van der Waals surface area contributed by atoms with Gasteiger partial charge in [-0.2, -0.15) is 5.06 Å². The molecule has 0 saturated heterocycles. The summed E-state index contributed by atoms with van der Waals surface area (Å²) in [4.78, 5) is 11.5. The first-order valence-corrected chi connectivity index (χ1v) is 11.8. The van der Waals surface area contributed by atoms with Crippen LogP contribution in [0.3, 0.4) is 0 Å². The number of carbonyl (C=O) groups excluding carboxylic acids is 1. The van der Waals surface area contributed by atoms with Gasteiger partial charge in [-0.05, 0) is 37.2 Å². The van der Waals surface area contributed by atoms with Gasteiger partial charge in [0.2, 0.25) is 8.32 Å². The molecule has 0 unspecified atom stereocenters. The average Bonchev–Trinajstić information content (AvgIpc) is 2.45. The Bertz CT molecular complexity index is 525. The molecule has 0 amide bonds. The van der Waals surface area contributed by atoms with Crippen molar-refractivity contribution in [3.05, 3.63) is 48.6 Å². The van der Waals surface area contributed by atoms with Crippen molar-refractivity contribution in [1.29, 1.82) is 0 Å². The Morgan fingerprint density at radius 1 is 1.25 bits per heavy atom. The lowest BCUT2D eigenvalue weighted by molar-refractivity contribution is -0.171. The Kier molecular flexibility index (Phi) is 7.86. The summed E-state index contributed by atoms with van der Waals surface area (Å²) in [6.07, 6.45) is 1.28. The number of ether oxygens (including phenoxy) is 1. The summed E-state index contributed by atoms with van der Waals surface area (Å²) < 4.78 is 11.9. The largest absolute Gasteiger partial charge is 0.457 e. The molecule has 134 valence electrons. The van der Waals surface area contributed by atoms with Crippen LogP contribution in [-0.2, 0) is 20.6 Å². The van der Waals surface area contributed by atoms with Crippen molar-refractivity contribution in [2.75, 3.05) is 0 Å². The van der Waals surface area contributed by atoms with Crippen LogP contribution in [0, 0.1) is 5.92 Å². The van der Waals surface area contributed by atoms with Gasteiger partial charge >= 0.3 is 5.97 Å². The van der Waals surface area contributed by atoms with Gasteiger partial charge in [0, 0.05) is 13.5 Å². The molecule has 1 rings (SSSR count). The molecule has 0 bridgehead atoms. The van der Waals surface area contributed by atoms with Crippen molar-refractivity contribution in [3.8, 4) is 0 Å². The van der Waals surface area contributed by atoms with Gasteiger partial charge in [-0.15, -0.1) is 0 Å². The second kappa shape index (κ2) is 9.16. The van der Waals surface area contributed by atoms with Gasteiger partial charge in [0.1, 0.15) is 6.10 Å². The molecule has 5 heteroatoms. The third-order valence-electron chi connectivity index (χ3n) is 3.46. The van der Waals surface area contributed by atoms with Gasteiger partial charge in [0.25, 0.3) is 0 Å².